The molecule has 0 amide bonds. The fourth-order valence-corrected chi connectivity index (χ4v) is 2.41. The molecule has 1 saturated heterocycles. The predicted molar refractivity (Wildman–Crippen MR) is 75.2 cm³/mol. The normalized spacial score (nSPS) is 19.6. The topological polar surface area (TPSA) is 39.5 Å². The van der Waals surface area contributed by atoms with Gasteiger partial charge >= 0.3 is 0 Å². The summed E-state index contributed by atoms with van der Waals surface area (Å²) in [6.45, 7) is 3.80. The molecular weight excluding hydrogens is 238 g/mol. The molecule has 4 heteroatoms. The number of nitriles is 1. The first-order valence-corrected chi connectivity index (χ1v) is 6.71. The van der Waals surface area contributed by atoms with Crippen molar-refractivity contribution in [1.82, 2.24) is 9.80 Å². The molecule has 0 aromatic heterocycles. The van der Waals surface area contributed by atoms with Gasteiger partial charge in [-0.15, -0.1) is 0 Å². The number of ether oxygens (including phenoxy) is 1. The van der Waals surface area contributed by atoms with E-state index in [4.69, 9.17) is 10.00 Å². The third-order valence-corrected chi connectivity index (χ3v) is 3.65. The monoisotopic (exact) mass is 259 g/mol. The van der Waals surface area contributed by atoms with E-state index in [0.717, 1.165) is 19.6 Å². The van der Waals surface area contributed by atoms with Crippen LogP contribution in [-0.4, -0.2) is 56.2 Å². The molecule has 0 N–H and O–H groups in total. The van der Waals surface area contributed by atoms with Crippen LogP contribution < -0.4 is 4.74 Å². The molecule has 1 aromatic carbocycles. The van der Waals surface area contributed by atoms with Crippen molar-refractivity contribution in [3.63, 3.8) is 0 Å². The fourth-order valence-electron chi connectivity index (χ4n) is 2.41. The highest BCUT2D eigenvalue weighted by atomic mass is 16.5. The van der Waals surface area contributed by atoms with Gasteiger partial charge in [0.1, 0.15) is 18.4 Å². The molecule has 1 aromatic rings. The summed E-state index contributed by atoms with van der Waals surface area (Å²) in [6.07, 6.45) is 1.22. The van der Waals surface area contributed by atoms with Crippen LogP contribution in [0.25, 0.3) is 0 Å². The number of hydrogen-bond donors (Lipinski definition) is 0. The molecule has 4 nitrogen and oxygen atoms in total. The van der Waals surface area contributed by atoms with Gasteiger partial charge in [-0.3, -0.25) is 4.90 Å². The van der Waals surface area contributed by atoms with Crippen LogP contribution in [0, 0.1) is 11.3 Å². The predicted octanol–water partition coefficient (Wildman–Crippen LogP) is 1.57. The Hall–Kier alpha value is -1.57. The molecule has 0 aliphatic carbocycles. The van der Waals surface area contributed by atoms with Crippen molar-refractivity contribution in [3.8, 4) is 11.8 Å². The van der Waals surface area contributed by atoms with Crippen LogP contribution in [0.4, 0.5) is 0 Å². The van der Waals surface area contributed by atoms with Gasteiger partial charge in [0.25, 0.3) is 0 Å². The summed E-state index contributed by atoms with van der Waals surface area (Å²) >= 11 is 0. The van der Waals surface area contributed by atoms with Crippen LogP contribution in [0.1, 0.15) is 12.0 Å². The minimum atomic E-state index is 0.607. The van der Waals surface area contributed by atoms with E-state index in [2.05, 4.69) is 30.0 Å². The number of rotatable bonds is 5. The van der Waals surface area contributed by atoms with E-state index in [9.17, 15) is 0 Å². The Bertz CT molecular complexity index is 453. The van der Waals surface area contributed by atoms with Crippen LogP contribution in [-0.2, 0) is 0 Å². The lowest BCUT2D eigenvalue weighted by Gasteiger charge is -2.20. The minimum absolute atomic E-state index is 0.607. The molecule has 1 heterocycles. The van der Waals surface area contributed by atoms with Gasteiger partial charge in [-0.2, -0.15) is 5.26 Å². The number of nitrogens with zero attached hydrogens (tertiary/aromatic N) is 3. The Morgan fingerprint density at radius 1 is 1.42 bits per heavy atom. The molecule has 1 unspecified atom stereocenters. The molecule has 1 aliphatic rings. The van der Waals surface area contributed by atoms with Crippen LogP contribution >= 0.6 is 0 Å². The molecule has 0 saturated carbocycles. The molecule has 1 atom stereocenters. The van der Waals surface area contributed by atoms with Crippen molar-refractivity contribution >= 4 is 0 Å². The molecule has 19 heavy (non-hydrogen) atoms. The first-order valence-electron chi connectivity index (χ1n) is 6.71. The minimum Gasteiger partial charge on any atom is -0.491 e. The Kier molecular flexibility index (Phi) is 4.78. The maximum Gasteiger partial charge on any atom is 0.137 e. The van der Waals surface area contributed by atoms with Crippen molar-refractivity contribution in [2.45, 2.75) is 12.5 Å². The Morgan fingerprint density at radius 3 is 2.89 bits per heavy atom. The third kappa shape index (κ3) is 3.69. The smallest absolute Gasteiger partial charge is 0.137 e. The van der Waals surface area contributed by atoms with E-state index < -0.39 is 0 Å². The summed E-state index contributed by atoms with van der Waals surface area (Å²) in [5.74, 6) is 0.688. The first kappa shape index (κ1) is 13.9. The van der Waals surface area contributed by atoms with Crippen LogP contribution in [0.5, 0.6) is 5.75 Å². The zero-order valence-corrected chi connectivity index (χ0v) is 11.7. The van der Waals surface area contributed by atoms with Gasteiger partial charge in [-0.05, 0) is 39.2 Å². The fraction of sp³-hybridized carbons (Fsp3) is 0.533. The highest BCUT2D eigenvalue weighted by Gasteiger charge is 2.23. The van der Waals surface area contributed by atoms with E-state index >= 15 is 0 Å². The maximum absolute atomic E-state index is 8.98. The van der Waals surface area contributed by atoms with Gasteiger partial charge < -0.3 is 9.64 Å². The summed E-state index contributed by atoms with van der Waals surface area (Å²) in [6, 6.07) is 10.2. The van der Waals surface area contributed by atoms with Gasteiger partial charge in [0, 0.05) is 19.1 Å². The summed E-state index contributed by atoms with van der Waals surface area (Å²) in [5.41, 5.74) is 0.607. The summed E-state index contributed by atoms with van der Waals surface area (Å²) < 4.78 is 5.71. The van der Waals surface area contributed by atoms with Gasteiger partial charge in [-0.1, -0.05) is 12.1 Å². The summed E-state index contributed by atoms with van der Waals surface area (Å²) in [7, 11) is 4.27. The van der Waals surface area contributed by atoms with Crippen molar-refractivity contribution in [1.29, 1.82) is 5.26 Å². The quantitative estimate of drug-likeness (QED) is 0.805. The number of hydrogen-bond acceptors (Lipinski definition) is 4. The maximum atomic E-state index is 8.98. The number of likely N-dealkylation sites (tertiary alicyclic amines) is 1. The summed E-state index contributed by atoms with van der Waals surface area (Å²) in [4.78, 5) is 4.70. The Morgan fingerprint density at radius 2 is 2.21 bits per heavy atom. The van der Waals surface area contributed by atoms with Gasteiger partial charge in [0.15, 0.2) is 0 Å². The average Bonchev–Trinajstić information content (AvgIpc) is 2.88. The van der Waals surface area contributed by atoms with E-state index in [-0.39, 0.29) is 0 Å². The number of likely N-dealkylation sites (N-methyl/N-ethyl adjacent to an activating group) is 1. The van der Waals surface area contributed by atoms with Gasteiger partial charge in [-0.25, -0.2) is 0 Å². The van der Waals surface area contributed by atoms with Crippen LogP contribution in [0.2, 0.25) is 0 Å². The van der Waals surface area contributed by atoms with Gasteiger partial charge in [0.2, 0.25) is 0 Å². The van der Waals surface area contributed by atoms with Crippen molar-refractivity contribution in [3.05, 3.63) is 29.8 Å². The highest BCUT2D eigenvalue weighted by molar-refractivity contribution is 5.42. The SMILES string of the molecule is CN(C)C1CCN(CCOc2ccccc2C#N)C1. The lowest BCUT2D eigenvalue weighted by molar-refractivity contribution is 0.220. The number of benzene rings is 1. The van der Waals surface area contributed by atoms with Crippen LogP contribution in [0.3, 0.4) is 0 Å². The summed E-state index contributed by atoms with van der Waals surface area (Å²) in [5, 5.41) is 8.98. The van der Waals surface area contributed by atoms with E-state index in [0.29, 0.717) is 24.0 Å². The molecule has 1 aliphatic heterocycles. The van der Waals surface area contributed by atoms with Crippen LogP contribution in [0.15, 0.2) is 24.3 Å². The Labute approximate surface area is 115 Å². The standard InChI is InChI=1S/C15H21N3O/c1-17(2)14-7-8-18(12-14)9-10-19-15-6-4-3-5-13(15)11-16/h3-6,14H,7-10,12H2,1-2H3. The van der Waals surface area contributed by atoms with E-state index in [1.165, 1.54) is 6.42 Å². The molecule has 0 radical (unpaired) electrons. The average molecular weight is 259 g/mol. The molecular formula is C15H21N3O. The second-order valence-electron chi connectivity index (χ2n) is 5.16. The largest absolute Gasteiger partial charge is 0.491 e. The van der Waals surface area contributed by atoms with Crippen molar-refractivity contribution in [2.24, 2.45) is 0 Å². The lowest BCUT2D eigenvalue weighted by atomic mass is 10.2. The van der Waals surface area contributed by atoms with Crippen molar-refractivity contribution in [2.75, 3.05) is 40.3 Å². The molecule has 102 valence electrons. The molecule has 0 spiro atoms. The lowest BCUT2D eigenvalue weighted by Crippen LogP contribution is -2.33. The number of para-hydroxylation sites is 1. The van der Waals surface area contributed by atoms with E-state index in [1.807, 2.05) is 18.2 Å². The molecule has 1 fully saturated rings. The highest BCUT2D eigenvalue weighted by Crippen LogP contribution is 2.17. The third-order valence-electron chi connectivity index (χ3n) is 3.65. The zero-order chi connectivity index (χ0) is 13.7. The second-order valence-corrected chi connectivity index (χ2v) is 5.16. The van der Waals surface area contributed by atoms with E-state index in [1.54, 1.807) is 6.07 Å². The first-order chi connectivity index (χ1) is 9.20. The van der Waals surface area contributed by atoms with Gasteiger partial charge in [0.05, 0.1) is 5.56 Å². The molecule has 2 rings (SSSR count). The Balaban J connectivity index is 1.77. The zero-order valence-electron chi connectivity index (χ0n) is 11.7. The van der Waals surface area contributed by atoms with Crippen molar-refractivity contribution < 1.29 is 4.74 Å². The second kappa shape index (κ2) is 6.55. The molecule has 0 bridgehead atoms.